The average molecular weight is 251 g/mol. The highest BCUT2D eigenvalue weighted by atomic mass is 35.7. The van der Waals surface area contributed by atoms with E-state index in [9.17, 15) is 21.6 Å². The van der Waals surface area contributed by atoms with Crippen LogP contribution in [0.5, 0.6) is 0 Å². The number of hydrogen-bond acceptors (Lipinski definition) is 4. The molecule has 0 aromatic carbocycles. The van der Waals surface area contributed by atoms with Crippen molar-refractivity contribution in [3.8, 4) is 0 Å². The number of nitrogens with two attached hydrogens (primary N) is 1. The molecule has 0 aliphatic carbocycles. The van der Waals surface area contributed by atoms with Crippen LogP contribution in [0.1, 0.15) is 0 Å². The van der Waals surface area contributed by atoms with Crippen LogP contribution in [0.15, 0.2) is 15.6 Å². The fourth-order valence-corrected chi connectivity index (χ4v) is 1.50. The molecule has 0 fully saturated rings. The van der Waals surface area contributed by atoms with Crippen molar-refractivity contribution in [2.45, 2.75) is 6.18 Å². The molecule has 82 valence electrons. The summed E-state index contributed by atoms with van der Waals surface area (Å²) >= 11 is 0. The van der Waals surface area contributed by atoms with Gasteiger partial charge in [-0.05, 0) is 0 Å². The number of hydrogen-bond donors (Lipinski definition) is 1. The molecule has 0 rings (SSSR count). The molecular formula is C5H6ClF3N2O2S. The quantitative estimate of drug-likeness (QED) is 0.587. The molecule has 0 spiro atoms. The minimum atomic E-state index is -4.96. The lowest BCUT2D eigenvalue weighted by Gasteiger charge is -2.08. The summed E-state index contributed by atoms with van der Waals surface area (Å²) in [6.45, 7) is 0. The predicted molar refractivity (Wildman–Crippen MR) is 46.5 cm³/mol. The number of aliphatic imine (C=N–C) groups is 1. The summed E-state index contributed by atoms with van der Waals surface area (Å²) in [7, 11) is 1.26. The minimum absolute atomic E-state index is 0.436. The van der Waals surface area contributed by atoms with E-state index in [0.29, 0.717) is 6.21 Å². The highest BCUT2D eigenvalue weighted by molar-refractivity contribution is 8.17. The molecule has 0 aromatic heterocycles. The van der Waals surface area contributed by atoms with Gasteiger partial charge in [-0.2, -0.15) is 13.2 Å². The number of nitrogens with zero attached hydrogens (tertiary/aromatic N) is 1. The third kappa shape index (κ3) is 3.54. The van der Waals surface area contributed by atoms with Gasteiger partial charge >= 0.3 is 6.18 Å². The van der Waals surface area contributed by atoms with Crippen molar-refractivity contribution in [3.05, 3.63) is 10.6 Å². The first-order chi connectivity index (χ1) is 6.10. The Morgan fingerprint density at radius 1 is 1.50 bits per heavy atom. The standard InChI is InChI=1S/C5H6ClF3N2O2S/c1-11-2-3(14(6,12)13)4(10)5(7,8)9/h2H,10H2,1H3/b4-3+,11-2?. The summed E-state index contributed by atoms with van der Waals surface area (Å²) in [5.74, 6) is 0. The van der Waals surface area contributed by atoms with E-state index in [2.05, 4.69) is 10.7 Å². The third-order valence-corrected chi connectivity index (χ3v) is 2.43. The van der Waals surface area contributed by atoms with Crippen LogP contribution in [-0.2, 0) is 9.05 Å². The van der Waals surface area contributed by atoms with Gasteiger partial charge < -0.3 is 5.73 Å². The zero-order valence-electron chi connectivity index (χ0n) is 6.84. The van der Waals surface area contributed by atoms with E-state index in [4.69, 9.17) is 10.7 Å². The van der Waals surface area contributed by atoms with Crippen molar-refractivity contribution in [2.24, 2.45) is 10.7 Å². The van der Waals surface area contributed by atoms with Gasteiger partial charge in [0.05, 0.1) is 0 Å². The second-order valence-electron chi connectivity index (χ2n) is 2.10. The molecule has 2 N–H and O–H groups in total. The first-order valence-electron chi connectivity index (χ1n) is 3.04. The topological polar surface area (TPSA) is 72.5 Å². The van der Waals surface area contributed by atoms with E-state index >= 15 is 0 Å². The smallest absolute Gasteiger partial charge is 0.394 e. The summed E-state index contributed by atoms with van der Waals surface area (Å²) in [5.41, 5.74) is 2.77. The van der Waals surface area contributed by atoms with Gasteiger partial charge in [0, 0.05) is 23.9 Å². The van der Waals surface area contributed by atoms with Crippen LogP contribution in [-0.4, -0.2) is 27.9 Å². The first-order valence-corrected chi connectivity index (χ1v) is 5.35. The van der Waals surface area contributed by atoms with Crippen LogP contribution in [0, 0.1) is 0 Å². The summed E-state index contributed by atoms with van der Waals surface area (Å²) in [4.78, 5) is 1.86. The molecule has 4 nitrogen and oxygen atoms in total. The van der Waals surface area contributed by atoms with Crippen molar-refractivity contribution >= 4 is 25.9 Å². The Labute approximate surface area is 82.7 Å². The summed E-state index contributed by atoms with van der Waals surface area (Å²) < 4.78 is 57.2. The zero-order chi connectivity index (χ0) is 11.6. The fourth-order valence-electron chi connectivity index (χ4n) is 0.521. The molecule has 14 heavy (non-hydrogen) atoms. The van der Waals surface area contributed by atoms with E-state index in [1.807, 2.05) is 0 Å². The van der Waals surface area contributed by atoms with Crippen LogP contribution < -0.4 is 5.73 Å². The summed E-state index contributed by atoms with van der Waals surface area (Å²) in [6.07, 6.45) is -4.52. The predicted octanol–water partition coefficient (Wildman–Crippen LogP) is 0.988. The van der Waals surface area contributed by atoms with E-state index in [0.717, 1.165) is 7.05 Å². The van der Waals surface area contributed by atoms with E-state index in [1.165, 1.54) is 0 Å². The van der Waals surface area contributed by atoms with Gasteiger partial charge in [0.15, 0.2) is 0 Å². The third-order valence-electron chi connectivity index (χ3n) is 1.08. The molecule has 0 saturated heterocycles. The van der Waals surface area contributed by atoms with Crippen molar-refractivity contribution in [3.63, 3.8) is 0 Å². The van der Waals surface area contributed by atoms with Gasteiger partial charge in [-0.3, -0.25) is 4.99 Å². The highest BCUT2D eigenvalue weighted by Crippen LogP contribution is 2.26. The summed E-state index contributed by atoms with van der Waals surface area (Å²) in [6, 6.07) is 0. The molecule has 0 unspecified atom stereocenters. The molecule has 0 radical (unpaired) electrons. The number of halogens is 4. The lowest BCUT2D eigenvalue weighted by molar-refractivity contribution is -0.0927. The second-order valence-corrected chi connectivity index (χ2v) is 4.64. The largest absolute Gasteiger partial charge is 0.432 e. The SMILES string of the molecule is CN=C/C(=C(\N)C(F)(F)F)S(=O)(=O)Cl. The Morgan fingerprint density at radius 3 is 2.14 bits per heavy atom. The van der Waals surface area contributed by atoms with Gasteiger partial charge in [0.2, 0.25) is 0 Å². The monoisotopic (exact) mass is 250 g/mol. The van der Waals surface area contributed by atoms with Gasteiger partial charge in [0.25, 0.3) is 9.05 Å². The maximum Gasteiger partial charge on any atom is 0.432 e. The van der Waals surface area contributed by atoms with Crippen molar-refractivity contribution in [1.82, 2.24) is 0 Å². The van der Waals surface area contributed by atoms with Gasteiger partial charge in [-0.15, -0.1) is 0 Å². The number of rotatable bonds is 2. The van der Waals surface area contributed by atoms with Crippen LogP contribution >= 0.6 is 10.7 Å². The van der Waals surface area contributed by atoms with Crippen LogP contribution in [0.25, 0.3) is 0 Å². The maximum absolute atomic E-state index is 12.0. The van der Waals surface area contributed by atoms with Crippen molar-refractivity contribution < 1.29 is 21.6 Å². The molecule has 9 heteroatoms. The van der Waals surface area contributed by atoms with Gasteiger partial charge in [-0.25, -0.2) is 8.42 Å². The van der Waals surface area contributed by atoms with E-state index in [1.54, 1.807) is 0 Å². The fraction of sp³-hybridized carbons (Fsp3) is 0.400. The van der Waals surface area contributed by atoms with Crippen molar-refractivity contribution in [2.75, 3.05) is 7.05 Å². The lowest BCUT2D eigenvalue weighted by atomic mass is 10.4. The van der Waals surface area contributed by atoms with Crippen molar-refractivity contribution in [1.29, 1.82) is 0 Å². The van der Waals surface area contributed by atoms with Crippen LogP contribution in [0.4, 0.5) is 13.2 Å². The zero-order valence-corrected chi connectivity index (χ0v) is 8.41. The van der Waals surface area contributed by atoms with Crippen LogP contribution in [0.3, 0.4) is 0 Å². The Balaban J connectivity index is 5.65. The molecule has 0 aliphatic rings. The van der Waals surface area contributed by atoms with E-state index in [-0.39, 0.29) is 0 Å². The molecule has 0 saturated carbocycles. The summed E-state index contributed by atoms with van der Waals surface area (Å²) in [5, 5.41) is 0. The average Bonchev–Trinajstić information content (AvgIpc) is 1.94. The molecule has 0 aromatic rings. The number of alkyl halides is 3. The minimum Gasteiger partial charge on any atom is -0.394 e. The molecule has 0 bridgehead atoms. The second kappa shape index (κ2) is 4.18. The molecule has 0 aliphatic heterocycles. The first kappa shape index (κ1) is 13.2. The lowest BCUT2D eigenvalue weighted by Crippen LogP contribution is -2.24. The van der Waals surface area contributed by atoms with Gasteiger partial charge in [0.1, 0.15) is 10.6 Å². The molecule has 0 heterocycles. The Kier molecular flexibility index (Phi) is 3.95. The Hall–Kier alpha value is -0.760. The van der Waals surface area contributed by atoms with Gasteiger partial charge in [-0.1, -0.05) is 0 Å². The Bertz CT molecular complexity index is 371. The highest BCUT2D eigenvalue weighted by Gasteiger charge is 2.37. The van der Waals surface area contributed by atoms with E-state index < -0.39 is 25.8 Å². The maximum atomic E-state index is 12.0. The van der Waals surface area contributed by atoms with Crippen LogP contribution in [0.2, 0.25) is 0 Å². The molecule has 0 atom stereocenters. The molecule has 0 amide bonds. The number of allylic oxidation sites excluding steroid dienone is 2. The Morgan fingerprint density at radius 2 is 1.93 bits per heavy atom. The normalized spacial score (nSPS) is 15.8. The molecular weight excluding hydrogens is 245 g/mol.